The van der Waals surface area contributed by atoms with Gasteiger partial charge in [-0.15, -0.1) is 0 Å². The molecule has 0 unspecified atom stereocenters. The van der Waals surface area contributed by atoms with E-state index in [4.69, 9.17) is 0 Å². The van der Waals surface area contributed by atoms with E-state index in [0.29, 0.717) is 0 Å². The van der Waals surface area contributed by atoms with Crippen LogP contribution >= 0.6 is 0 Å². The van der Waals surface area contributed by atoms with E-state index in [2.05, 4.69) is 5.32 Å². The van der Waals surface area contributed by atoms with Crippen LogP contribution in [-0.4, -0.2) is 24.6 Å². The normalized spacial score (nSPS) is 10.4. The predicted molar refractivity (Wildman–Crippen MR) is 83.6 cm³/mol. The fraction of sp³-hybridized carbons (Fsp3) is 0.312. The molecule has 4 heteroatoms. The molecule has 106 valence electrons. The van der Waals surface area contributed by atoms with Crippen molar-refractivity contribution in [1.82, 2.24) is 4.57 Å². The second-order valence-corrected chi connectivity index (χ2v) is 5.24. The zero-order valence-electron chi connectivity index (χ0n) is 12.7. The quantitative estimate of drug-likeness (QED) is 0.932. The Labute approximate surface area is 120 Å². The minimum atomic E-state index is -0.0659. The first-order valence-corrected chi connectivity index (χ1v) is 6.62. The number of hydrogen-bond acceptors (Lipinski definition) is 2. The Morgan fingerprint density at radius 3 is 2.20 bits per heavy atom. The highest BCUT2D eigenvalue weighted by Crippen LogP contribution is 2.18. The van der Waals surface area contributed by atoms with Gasteiger partial charge in [0, 0.05) is 43.9 Å². The first kappa shape index (κ1) is 14.2. The first-order chi connectivity index (χ1) is 9.40. The Morgan fingerprint density at radius 1 is 1.15 bits per heavy atom. The maximum Gasteiger partial charge on any atom is 0.257 e. The van der Waals surface area contributed by atoms with E-state index in [1.165, 1.54) is 0 Å². The molecule has 1 aromatic heterocycles. The Kier molecular flexibility index (Phi) is 3.84. The number of amides is 1. The maximum absolute atomic E-state index is 12.3. The second kappa shape index (κ2) is 5.41. The molecule has 0 fully saturated rings. The smallest absolute Gasteiger partial charge is 0.257 e. The first-order valence-electron chi connectivity index (χ1n) is 6.62. The number of benzene rings is 1. The molecule has 0 spiro atoms. The third-order valence-corrected chi connectivity index (χ3v) is 3.66. The monoisotopic (exact) mass is 271 g/mol. The number of hydrogen-bond donors (Lipinski definition) is 1. The van der Waals surface area contributed by atoms with Crippen LogP contribution in [0.2, 0.25) is 0 Å². The molecule has 0 atom stereocenters. The average Bonchev–Trinajstić information content (AvgIpc) is 2.67. The summed E-state index contributed by atoms with van der Waals surface area (Å²) in [5.41, 5.74) is 4.69. The number of aryl methyl sites for hydroxylation is 1. The Morgan fingerprint density at radius 2 is 1.75 bits per heavy atom. The Bertz CT molecular complexity index is 624. The van der Waals surface area contributed by atoms with Gasteiger partial charge in [0.15, 0.2) is 0 Å². The van der Waals surface area contributed by atoms with Gasteiger partial charge < -0.3 is 14.8 Å². The molecule has 0 saturated heterocycles. The molecule has 1 N–H and O–H groups in total. The molecule has 0 aliphatic carbocycles. The van der Waals surface area contributed by atoms with Gasteiger partial charge >= 0.3 is 0 Å². The largest absolute Gasteiger partial charge is 0.378 e. The fourth-order valence-electron chi connectivity index (χ4n) is 2.13. The summed E-state index contributed by atoms with van der Waals surface area (Å²) in [5.74, 6) is -0.0659. The summed E-state index contributed by atoms with van der Waals surface area (Å²) in [6.45, 7) is 3.95. The number of nitrogens with one attached hydrogen (secondary N) is 1. The zero-order chi connectivity index (χ0) is 14.9. The van der Waals surface area contributed by atoms with Crippen LogP contribution in [0.15, 0.2) is 30.3 Å². The number of aromatic nitrogens is 1. The van der Waals surface area contributed by atoms with E-state index in [0.717, 1.165) is 28.3 Å². The van der Waals surface area contributed by atoms with E-state index < -0.39 is 0 Å². The van der Waals surface area contributed by atoms with Gasteiger partial charge in [0.25, 0.3) is 5.91 Å². The van der Waals surface area contributed by atoms with Crippen molar-refractivity contribution in [2.45, 2.75) is 13.8 Å². The lowest BCUT2D eigenvalue weighted by Gasteiger charge is -2.13. The molecule has 0 aliphatic heterocycles. The van der Waals surface area contributed by atoms with Crippen molar-refractivity contribution in [1.29, 1.82) is 0 Å². The molecule has 0 radical (unpaired) electrons. The lowest BCUT2D eigenvalue weighted by Crippen LogP contribution is -2.13. The molecule has 0 bridgehead atoms. The summed E-state index contributed by atoms with van der Waals surface area (Å²) in [6.07, 6.45) is 0. The van der Waals surface area contributed by atoms with Crippen LogP contribution in [0.5, 0.6) is 0 Å². The number of rotatable bonds is 3. The van der Waals surface area contributed by atoms with Crippen LogP contribution in [0.4, 0.5) is 11.4 Å². The number of carbonyl (C=O) groups is 1. The molecule has 1 amide bonds. The van der Waals surface area contributed by atoms with Crippen LogP contribution in [0, 0.1) is 13.8 Å². The molecular formula is C16H21N3O. The van der Waals surface area contributed by atoms with Crippen molar-refractivity contribution in [3.8, 4) is 0 Å². The Hall–Kier alpha value is -2.23. The molecule has 0 saturated carbocycles. The number of carbonyl (C=O) groups excluding carboxylic acids is 1. The van der Waals surface area contributed by atoms with Gasteiger partial charge in [-0.05, 0) is 44.2 Å². The van der Waals surface area contributed by atoms with E-state index in [1.807, 2.05) is 74.8 Å². The summed E-state index contributed by atoms with van der Waals surface area (Å²) in [4.78, 5) is 14.3. The fourth-order valence-corrected chi connectivity index (χ4v) is 2.13. The van der Waals surface area contributed by atoms with Gasteiger partial charge in [0.05, 0.1) is 5.56 Å². The van der Waals surface area contributed by atoms with E-state index in [1.54, 1.807) is 0 Å². The van der Waals surface area contributed by atoms with Crippen LogP contribution in [0.3, 0.4) is 0 Å². The summed E-state index contributed by atoms with van der Waals surface area (Å²) < 4.78 is 2.02. The van der Waals surface area contributed by atoms with Crippen molar-refractivity contribution in [2.24, 2.45) is 7.05 Å². The maximum atomic E-state index is 12.3. The summed E-state index contributed by atoms with van der Waals surface area (Å²) in [6, 6.07) is 9.72. The lowest BCUT2D eigenvalue weighted by molar-refractivity contribution is 0.102. The average molecular weight is 271 g/mol. The van der Waals surface area contributed by atoms with E-state index in [9.17, 15) is 4.79 Å². The van der Waals surface area contributed by atoms with Gasteiger partial charge in [0.1, 0.15) is 0 Å². The molecule has 2 aromatic rings. The van der Waals surface area contributed by atoms with Crippen molar-refractivity contribution >= 4 is 17.3 Å². The highest BCUT2D eigenvalue weighted by atomic mass is 16.1. The van der Waals surface area contributed by atoms with Crippen molar-refractivity contribution < 1.29 is 4.79 Å². The van der Waals surface area contributed by atoms with Gasteiger partial charge in [-0.3, -0.25) is 4.79 Å². The highest BCUT2D eigenvalue weighted by molar-refractivity contribution is 6.05. The summed E-state index contributed by atoms with van der Waals surface area (Å²) >= 11 is 0. The third-order valence-electron chi connectivity index (χ3n) is 3.66. The van der Waals surface area contributed by atoms with Gasteiger partial charge in [0.2, 0.25) is 0 Å². The number of anilines is 2. The summed E-state index contributed by atoms with van der Waals surface area (Å²) in [5, 5.41) is 2.93. The third kappa shape index (κ3) is 2.69. The minimum Gasteiger partial charge on any atom is -0.378 e. The predicted octanol–water partition coefficient (Wildman–Crippen LogP) is 2.96. The lowest BCUT2D eigenvalue weighted by atomic mass is 10.2. The molecule has 20 heavy (non-hydrogen) atoms. The van der Waals surface area contributed by atoms with Gasteiger partial charge in [-0.2, -0.15) is 0 Å². The topological polar surface area (TPSA) is 37.3 Å². The van der Waals surface area contributed by atoms with Crippen molar-refractivity contribution in [3.63, 3.8) is 0 Å². The molecule has 1 aromatic carbocycles. The van der Waals surface area contributed by atoms with Gasteiger partial charge in [-0.25, -0.2) is 0 Å². The van der Waals surface area contributed by atoms with E-state index in [-0.39, 0.29) is 5.91 Å². The molecular weight excluding hydrogens is 250 g/mol. The second-order valence-electron chi connectivity index (χ2n) is 5.24. The molecule has 1 heterocycles. The number of nitrogens with zero attached hydrogens (tertiary/aromatic N) is 2. The summed E-state index contributed by atoms with van der Waals surface area (Å²) in [7, 11) is 5.95. The minimum absolute atomic E-state index is 0.0659. The van der Waals surface area contributed by atoms with Crippen LogP contribution < -0.4 is 10.2 Å². The van der Waals surface area contributed by atoms with Crippen molar-refractivity contribution in [3.05, 3.63) is 47.3 Å². The van der Waals surface area contributed by atoms with Crippen LogP contribution in [0.1, 0.15) is 21.7 Å². The van der Waals surface area contributed by atoms with Crippen LogP contribution in [-0.2, 0) is 7.05 Å². The van der Waals surface area contributed by atoms with Crippen molar-refractivity contribution in [2.75, 3.05) is 24.3 Å². The Balaban J connectivity index is 2.17. The molecule has 0 aliphatic rings. The standard InChI is InChI=1S/C16H21N3O/c1-11-10-15(12(2)19(11)5)16(20)17-13-6-8-14(9-7-13)18(3)4/h6-10H,1-5H3,(H,17,20). The van der Waals surface area contributed by atoms with Crippen LogP contribution in [0.25, 0.3) is 0 Å². The molecule has 2 rings (SSSR count). The molecule has 4 nitrogen and oxygen atoms in total. The zero-order valence-corrected chi connectivity index (χ0v) is 12.7. The highest BCUT2D eigenvalue weighted by Gasteiger charge is 2.13. The SMILES string of the molecule is Cc1cc(C(=O)Nc2ccc(N(C)C)cc2)c(C)n1C. The van der Waals surface area contributed by atoms with E-state index >= 15 is 0 Å². The van der Waals surface area contributed by atoms with Gasteiger partial charge in [-0.1, -0.05) is 0 Å².